The molecule has 0 amide bonds. The molecule has 0 bridgehead atoms. The summed E-state index contributed by atoms with van der Waals surface area (Å²) in [7, 11) is 0. The fourth-order valence-electron chi connectivity index (χ4n) is 0.376. The van der Waals surface area contributed by atoms with E-state index in [-0.39, 0.29) is 0 Å². The Morgan fingerprint density at radius 3 is 1.62 bits per heavy atom. The highest BCUT2D eigenvalue weighted by atomic mass is 35.5. The second kappa shape index (κ2) is 3.25. The van der Waals surface area contributed by atoms with E-state index in [1.165, 1.54) is 0 Å². The average Bonchev–Trinajstić information content (AvgIpc) is 1.77. The van der Waals surface area contributed by atoms with Crippen LogP contribution in [0.4, 0.5) is 0 Å². The third kappa shape index (κ3) is 1.76. The van der Waals surface area contributed by atoms with E-state index in [4.69, 9.17) is 23.2 Å². The van der Waals surface area contributed by atoms with E-state index in [0.29, 0.717) is 0 Å². The van der Waals surface area contributed by atoms with Gasteiger partial charge in [-0.1, -0.05) is 23.2 Å². The molecule has 0 aromatic carbocycles. The molecule has 0 unspecified atom stereocenters. The molecule has 4 heteroatoms. The number of rotatable bonds is 0. The maximum Gasteiger partial charge on any atom is 0.0986 e. The van der Waals surface area contributed by atoms with Crippen molar-refractivity contribution in [2.24, 2.45) is 0 Å². The minimum absolute atomic E-state index is 0.753. The van der Waals surface area contributed by atoms with Crippen LogP contribution < -0.4 is 0 Å². The summed E-state index contributed by atoms with van der Waals surface area (Å²) < 4.78 is 1.51. The van der Waals surface area contributed by atoms with Crippen LogP contribution in [-0.2, 0) is 0 Å². The van der Waals surface area contributed by atoms with E-state index in [1.54, 1.807) is 23.5 Å². The molecular weight excluding hydrogens is 183 g/mol. The maximum absolute atomic E-state index is 5.66. The van der Waals surface area contributed by atoms with Crippen molar-refractivity contribution >= 4 is 46.7 Å². The Kier molecular flexibility index (Phi) is 2.90. The minimum atomic E-state index is 0.753. The first kappa shape index (κ1) is 7.13. The average molecular weight is 187 g/mol. The summed E-state index contributed by atoms with van der Waals surface area (Å²) in [6.07, 6.45) is 0. The number of hydrogen-bond acceptors (Lipinski definition) is 2. The van der Waals surface area contributed by atoms with Gasteiger partial charge in [-0.2, -0.15) is 0 Å². The minimum Gasteiger partial charge on any atom is -0.111 e. The standard InChI is InChI=1S/C4H4Cl2S2/c5-3-4(6)8-2-1-7-3/h1-2H2. The van der Waals surface area contributed by atoms with Gasteiger partial charge >= 0.3 is 0 Å². The van der Waals surface area contributed by atoms with Gasteiger partial charge in [0.25, 0.3) is 0 Å². The van der Waals surface area contributed by atoms with E-state index >= 15 is 0 Å². The highest BCUT2D eigenvalue weighted by Gasteiger charge is 2.08. The van der Waals surface area contributed by atoms with Gasteiger partial charge in [-0.3, -0.25) is 0 Å². The van der Waals surface area contributed by atoms with Crippen molar-refractivity contribution in [1.82, 2.24) is 0 Å². The van der Waals surface area contributed by atoms with Crippen LogP contribution in [0.3, 0.4) is 0 Å². The number of hydrogen-bond donors (Lipinski definition) is 0. The lowest BCUT2D eigenvalue weighted by atomic mass is 11.0. The zero-order valence-electron chi connectivity index (χ0n) is 3.99. The predicted molar refractivity (Wildman–Crippen MR) is 43.6 cm³/mol. The summed E-state index contributed by atoms with van der Waals surface area (Å²) in [5, 5.41) is 0. The Labute approximate surface area is 67.0 Å². The molecular formula is C4H4Cl2S2. The molecule has 0 aliphatic carbocycles. The molecule has 0 saturated heterocycles. The van der Waals surface area contributed by atoms with Crippen molar-refractivity contribution < 1.29 is 0 Å². The van der Waals surface area contributed by atoms with Crippen LogP contribution in [0.2, 0.25) is 0 Å². The predicted octanol–water partition coefficient (Wildman–Crippen LogP) is 3.07. The molecule has 0 nitrogen and oxygen atoms in total. The Morgan fingerprint density at radius 2 is 1.38 bits per heavy atom. The summed E-state index contributed by atoms with van der Waals surface area (Å²) in [5.41, 5.74) is 0. The van der Waals surface area contributed by atoms with Gasteiger partial charge in [-0.05, 0) is 0 Å². The van der Waals surface area contributed by atoms with Crippen LogP contribution in [0.25, 0.3) is 0 Å². The Balaban J connectivity index is 2.60. The lowest BCUT2D eigenvalue weighted by Crippen LogP contribution is -1.88. The molecule has 0 spiro atoms. The van der Waals surface area contributed by atoms with E-state index in [1.807, 2.05) is 0 Å². The topological polar surface area (TPSA) is 0 Å². The van der Waals surface area contributed by atoms with Crippen LogP contribution in [0.1, 0.15) is 0 Å². The molecule has 0 saturated carbocycles. The third-order valence-corrected chi connectivity index (χ3v) is 4.17. The van der Waals surface area contributed by atoms with Crippen LogP contribution in [0, 0.1) is 0 Å². The normalized spacial score (nSPS) is 21.8. The van der Waals surface area contributed by atoms with Gasteiger partial charge < -0.3 is 0 Å². The first-order chi connectivity index (χ1) is 3.80. The zero-order chi connectivity index (χ0) is 5.98. The Morgan fingerprint density at radius 1 is 1.00 bits per heavy atom. The number of halogens is 2. The van der Waals surface area contributed by atoms with E-state index in [0.717, 1.165) is 20.2 Å². The molecule has 1 aliphatic rings. The van der Waals surface area contributed by atoms with Crippen molar-refractivity contribution in [3.05, 3.63) is 8.73 Å². The summed E-state index contributed by atoms with van der Waals surface area (Å²) in [6.45, 7) is 0. The molecule has 46 valence electrons. The third-order valence-electron chi connectivity index (χ3n) is 0.695. The quantitative estimate of drug-likeness (QED) is 0.571. The molecule has 0 fully saturated rings. The molecule has 0 radical (unpaired) electrons. The molecule has 1 aliphatic heterocycles. The van der Waals surface area contributed by atoms with Crippen LogP contribution in [-0.4, -0.2) is 11.5 Å². The largest absolute Gasteiger partial charge is 0.111 e. The molecule has 0 aromatic rings. The number of thioether (sulfide) groups is 2. The summed E-state index contributed by atoms with van der Waals surface area (Å²) in [6, 6.07) is 0. The zero-order valence-corrected chi connectivity index (χ0v) is 7.13. The van der Waals surface area contributed by atoms with Crippen molar-refractivity contribution in [3.8, 4) is 0 Å². The lowest BCUT2D eigenvalue weighted by molar-refractivity contribution is 1.56. The van der Waals surface area contributed by atoms with Gasteiger partial charge in [0, 0.05) is 11.5 Å². The van der Waals surface area contributed by atoms with Crippen molar-refractivity contribution in [2.45, 2.75) is 0 Å². The van der Waals surface area contributed by atoms with Gasteiger partial charge in [-0.25, -0.2) is 0 Å². The van der Waals surface area contributed by atoms with E-state index in [2.05, 4.69) is 0 Å². The van der Waals surface area contributed by atoms with E-state index in [9.17, 15) is 0 Å². The van der Waals surface area contributed by atoms with Crippen LogP contribution >= 0.6 is 46.7 Å². The first-order valence-electron chi connectivity index (χ1n) is 2.11. The van der Waals surface area contributed by atoms with Gasteiger partial charge in [0.15, 0.2) is 0 Å². The molecule has 8 heavy (non-hydrogen) atoms. The second-order valence-electron chi connectivity index (χ2n) is 1.24. The molecule has 0 atom stereocenters. The van der Waals surface area contributed by atoms with Gasteiger partial charge in [0.1, 0.15) is 0 Å². The highest BCUT2D eigenvalue weighted by Crippen LogP contribution is 2.38. The molecule has 0 aromatic heterocycles. The Bertz CT molecular complexity index is 107. The smallest absolute Gasteiger partial charge is 0.0986 e. The highest BCUT2D eigenvalue weighted by molar-refractivity contribution is 8.11. The van der Waals surface area contributed by atoms with E-state index < -0.39 is 0 Å². The maximum atomic E-state index is 5.66. The SMILES string of the molecule is ClC1=C(Cl)SCCS1. The Hall–Kier alpha value is 1.02. The fraction of sp³-hybridized carbons (Fsp3) is 0.500. The second-order valence-corrected chi connectivity index (χ2v) is 4.66. The first-order valence-corrected chi connectivity index (χ1v) is 4.84. The van der Waals surface area contributed by atoms with Gasteiger partial charge in [0.05, 0.1) is 8.73 Å². The van der Waals surface area contributed by atoms with Crippen LogP contribution in [0.15, 0.2) is 8.73 Å². The summed E-state index contributed by atoms with van der Waals surface area (Å²) in [4.78, 5) is 0. The monoisotopic (exact) mass is 186 g/mol. The van der Waals surface area contributed by atoms with Crippen molar-refractivity contribution in [3.63, 3.8) is 0 Å². The summed E-state index contributed by atoms with van der Waals surface area (Å²) >= 11 is 14.6. The van der Waals surface area contributed by atoms with Crippen molar-refractivity contribution in [1.29, 1.82) is 0 Å². The fourth-order valence-corrected chi connectivity index (χ4v) is 2.77. The van der Waals surface area contributed by atoms with Gasteiger partial charge in [0.2, 0.25) is 0 Å². The van der Waals surface area contributed by atoms with Crippen LogP contribution in [0.5, 0.6) is 0 Å². The van der Waals surface area contributed by atoms with Gasteiger partial charge in [-0.15, -0.1) is 23.5 Å². The molecule has 0 N–H and O–H groups in total. The molecule has 1 rings (SSSR count). The summed E-state index contributed by atoms with van der Waals surface area (Å²) in [5.74, 6) is 2.17. The molecule has 1 heterocycles. The van der Waals surface area contributed by atoms with Crippen molar-refractivity contribution in [2.75, 3.05) is 11.5 Å². The lowest BCUT2D eigenvalue weighted by Gasteiger charge is -2.07.